The molecule has 0 amide bonds. The van der Waals surface area contributed by atoms with E-state index in [9.17, 15) is 0 Å². The summed E-state index contributed by atoms with van der Waals surface area (Å²) in [7, 11) is 0. The molecule has 1 saturated heterocycles. The fourth-order valence-electron chi connectivity index (χ4n) is 3.23. The molecular formula is C17H23N3. The summed E-state index contributed by atoms with van der Waals surface area (Å²) in [5.74, 6) is 0. The molecule has 0 bridgehead atoms. The van der Waals surface area contributed by atoms with Crippen LogP contribution >= 0.6 is 0 Å². The molecule has 1 unspecified atom stereocenters. The molecule has 0 aliphatic carbocycles. The van der Waals surface area contributed by atoms with Gasteiger partial charge in [0.15, 0.2) is 0 Å². The van der Waals surface area contributed by atoms with E-state index in [1.165, 1.54) is 36.8 Å². The second-order valence-corrected chi connectivity index (χ2v) is 5.73. The van der Waals surface area contributed by atoms with E-state index in [0.717, 1.165) is 25.0 Å². The Kier molecular flexibility index (Phi) is 4.28. The van der Waals surface area contributed by atoms with Crippen LogP contribution in [-0.4, -0.2) is 29.0 Å². The molecule has 1 aliphatic heterocycles. The van der Waals surface area contributed by atoms with Crippen molar-refractivity contribution in [1.29, 1.82) is 0 Å². The van der Waals surface area contributed by atoms with Crippen LogP contribution in [0.1, 0.15) is 31.2 Å². The molecule has 0 radical (unpaired) electrons. The Morgan fingerprint density at radius 2 is 2.15 bits per heavy atom. The van der Waals surface area contributed by atoms with Crippen molar-refractivity contribution in [2.24, 2.45) is 5.73 Å². The van der Waals surface area contributed by atoms with Gasteiger partial charge in [-0.05, 0) is 50.0 Å². The highest BCUT2D eigenvalue weighted by Gasteiger charge is 2.21. The van der Waals surface area contributed by atoms with Crippen LogP contribution in [0.5, 0.6) is 0 Å². The summed E-state index contributed by atoms with van der Waals surface area (Å²) < 4.78 is 0. The molecule has 3 rings (SSSR count). The summed E-state index contributed by atoms with van der Waals surface area (Å²) in [5, 5.41) is 1.23. The van der Waals surface area contributed by atoms with Crippen molar-refractivity contribution in [3.8, 4) is 0 Å². The van der Waals surface area contributed by atoms with E-state index in [2.05, 4.69) is 34.1 Å². The van der Waals surface area contributed by atoms with E-state index in [1.54, 1.807) is 0 Å². The third kappa shape index (κ3) is 3.00. The fourth-order valence-corrected chi connectivity index (χ4v) is 3.23. The van der Waals surface area contributed by atoms with E-state index < -0.39 is 0 Å². The van der Waals surface area contributed by atoms with Gasteiger partial charge in [0.25, 0.3) is 0 Å². The number of likely N-dealkylation sites (tertiary alicyclic amines) is 1. The number of nitrogens with two attached hydrogens (primary N) is 1. The van der Waals surface area contributed by atoms with Crippen LogP contribution in [0.3, 0.4) is 0 Å². The first-order valence-corrected chi connectivity index (χ1v) is 7.64. The van der Waals surface area contributed by atoms with Gasteiger partial charge in [-0.3, -0.25) is 9.88 Å². The SMILES string of the molecule is NCCC1CCCCN1Cc1cnc2ccccc2c1. The summed E-state index contributed by atoms with van der Waals surface area (Å²) >= 11 is 0. The largest absolute Gasteiger partial charge is 0.330 e. The van der Waals surface area contributed by atoms with Crippen LogP contribution in [0.15, 0.2) is 36.5 Å². The molecular weight excluding hydrogens is 246 g/mol. The predicted octanol–water partition coefficient (Wildman–Crippen LogP) is 2.94. The monoisotopic (exact) mass is 269 g/mol. The number of benzene rings is 1. The van der Waals surface area contributed by atoms with Crippen molar-refractivity contribution in [2.45, 2.75) is 38.3 Å². The zero-order valence-corrected chi connectivity index (χ0v) is 12.0. The fraction of sp³-hybridized carbons (Fsp3) is 0.471. The molecule has 2 aromatic rings. The molecule has 0 saturated carbocycles. The van der Waals surface area contributed by atoms with Crippen LogP contribution in [0.4, 0.5) is 0 Å². The normalized spacial score (nSPS) is 20.4. The van der Waals surface area contributed by atoms with Gasteiger partial charge in [0.1, 0.15) is 0 Å². The quantitative estimate of drug-likeness (QED) is 0.928. The summed E-state index contributed by atoms with van der Waals surface area (Å²) in [6.07, 6.45) is 7.08. The van der Waals surface area contributed by atoms with Crippen LogP contribution < -0.4 is 5.73 Å². The lowest BCUT2D eigenvalue weighted by atomic mass is 9.98. The Hall–Kier alpha value is -1.45. The number of fused-ring (bicyclic) bond motifs is 1. The molecule has 1 fully saturated rings. The third-order valence-electron chi connectivity index (χ3n) is 4.28. The van der Waals surface area contributed by atoms with Gasteiger partial charge in [0, 0.05) is 24.2 Å². The van der Waals surface area contributed by atoms with Crippen LogP contribution in [0, 0.1) is 0 Å². The Morgan fingerprint density at radius 3 is 3.05 bits per heavy atom. The maximum Gasteiger partial charge on any atom is 0.0702 e. The Morgan fingerprint density at radius 1 is 1.25 bits per heavy atom. The van der Waals surface area contributed by atoms with E-state index in [0.29, 0.717) is 6.04 Å². The van der Waals surface area contributed by atoms with Gasteiger partial charge in [0.05, 0.1) is 5.52 Å². The van der Waals surface area contributed by atoms with Gasteiger partial charge in [-0.2, -0.15) is 0 Å². The average molecular weight is 269 g/mol. The van der Waals surface area contributed by atoms with Crippen LogP contribution in [0.25, 0.3) is 10.9 Å². The molecule has 0 spiro atoms. The molecule has 1 aromatic heterocycles. The first kappa shape index (κ1) is 13.5. The number of piperidine rings is 1. The lowest BCUT2D eigenvalue weighted by Gasteiger charge is -2.35. The highest BCUT2D eigenvalue weighted by atomic mass is 15.2. The minimum absolute atomic E-state index is 0.653. The highest BCUT2D eigenvalue weighted by Crippen LogP contribution is 2.22. The number of hydrogen-bond donors (Lipinski definition) is 1. The van der Waals surface area contributed by atoms with E-state index >= 15 is 0 Å². The highest BCUT2D eigenvalue weighted by molar-refractivity contribution is 5.78. The van der Waals surface area contributed by atoms with Crippen LogP contribution in [0.2, 0.25) is 0 Å². The van der Waals surface area contributed by atoms with E-state index in [4.69, 9.17) is 5.73 Å². The van der Waals surface area contributed by atoms with Crippen molar-refractivity contribution in [3.63, 3.8) is 0 Å². The number of pyridine rings is 1. The second kappa shape index (κ2) is 6.33. The first-order valence-electron chi connectivity index (χ1n) is 7.64. The summed E-state index contributed by atoms with van der Waals surface area (Å²) in [4.78, 5) is 7.15. The smallest absolute Gasteiger partial charge is 0.0702 e. The molecule has 106 valence electrons. The molecule has 3 heteroatoms. The molecule has 2 heterocycles. The Labute approximate surface area is 120 Å². The van der Waals surface area contributed by atoms with Gasteiger partial charge >= 0.3 is 0 Å². The molecule has 3 nitrogen and oxygen atoms in total. The molecule has 1 atom stereocenters. The maximum absolute atomic E-state index is 5.75. The summed E-state index contributed by atoms with van der Waals surface area (Å²) in [5.41, 5.74) is 8.14. The van der Waals surface area contributed by atoms with Crippen molar-refractivity contribution in [3.05, 3.63) is 42.1 Å². The van der Waals surface area contributed by atoms with Gasteiger partial charge < -0.3 is 5.73 Å². The summed E-state index contributed by atoms with van der Waals surface area (Å²) in [6.45, 7) is 2.98. The van der Waals surface area contributed by atoms with Crippen molar-refractivity contribution >= 4 is 10.9 Å². The number of para-hydroxylation sites is 1. The third-order valence-corrected chi connectivity index (χ3v) is 4.28. The standard InChI is InChI=1S/C17H23N3/c18-9-8-16-6-3-4-10-20(16)13-14-11-15-5-1-2-7-17(15)19-12-14/h1-2,5,7,11-12,16H,3-4,6,8-10,13,18H2. The minimum Gasteiger partial charge on any atom is -0.330 e. The topological polar surface area (TPSA) is 42.1 Å². The summed E-state index contributed by atoms with van der Waals surface area (Å²) in [6, 6.07) is 11.2. The Bertz CT molecular complexity index is 565. The van der Waals surface area contributed by atoms with Gasteiger partial charge in [-0.25, -0.2) is 0 Å². The minimum atomic E-state index is 0.653. The van der Waals surface area contributed by atoms with Crippen molar-refractivity contribution in [1.82, 2.24) is 9.88 Å². The second-order valence-electron chi connectivity index (χ2n) is 5.73. The molecule has 1 aliphatic rings. The molecule has 2 N–H and O–H groups in total. The number of aromatic nitrogens is 1. The van der Waals surface area contributed by atoms with Crippen molar-refractivity contribution in [2.75, 3.05) is 13.1 Å². The van der Waals surface area contributed by atoms with Gasteiger partial charge in [0.2, 0.25) is 0 Å². The predicted molar refractivity (Wildman–Crippen MR) is 83.5 cm³/mol. The number of rotatable bonds is 4. The lowest BCUT2D eigenvalue weighted by Crippen LogP contribution is -2.40. The zero-order valence-electron chi connectivity index (χ0n) is 12.0. The maximum atomic E-state index is 5.75. The van der Waals surface area contributed by atoms with Gasteiger partial charge in [-0.1, -0.05) is 24.6 Å². The van der Waals surface area contributed by atoms with Crippen LogP contribution in [-0.2, 0) is 6.54 Å². The zero-order chi connectivity index (χ0) is 13.8. The lowest BCUT2D eigenvalue weighted by molar-refractivity contribution is 0.134. The molecule has 20 heavy (non-hydrogen) atoms. The number of hydrogen-bond acceptors (Lipinski definition) is 3. The molecule has 1 aromatic carbocycles. The first-order chi connectivity index (χ1) is 9.86. The van der Waals surface area contributed by atoms with Crippen molar-refractivity contribution < 1.29 is 0 Å². The average Bonchev–Trinajstić information content (AvgIpc) is 2.49. The number of nitrogens with zero attached hydrogens (tertiary/aromatic N) is 2. The van der Waals surface area contributed by atoms with E-state index in [-0.39, 0.29) is 0 Å². The van der Waals surface area contributed by atoms with E-state index in [1.807, 2.05) is 12.3 Å². The Balaban J connectivity index is 1.77. The van der Waals surface area contributed by atoms with Gasteiger partial charge in [-0.15, -0.1) is 0 Å².